The fourth-order valence-electron chi connectivity index (χ4n) is 2.56. The molecule has 0 saturated heterocycles. The van der Waals surface area contributed by atoms with Crippen LogP contribution >= 0.6 is 0 Å². The molecule has 3 rings (SSSR count). The van der Waals surface area contributed by atoms with Gasteiger partial charge in [0.25, 0.3) is 5.91 Å². The Morgan fingerprint density at radius 3 is 2.62 bits per heavy atom. The molecule has 1 saturated carbocycles. The Morgan fingerprint density at radius 2 is 1.92 bits per heavy atom. The average Bonchev–Trinajstić information content (AvgIpc) is 3.45. The summed E-state index contributed by atoms with van der Waals surface area (Å²) in [5.41, 5.74) is 1.27. The number of nitrogens with one attached hydrogen (secondary N) is 2. The van der Waals surface area contributed by atoms with Gasteiger partial charge in [0.05, 0.1) is 0 Å². The van der Waals surface area contributed by atoms with Crippen LogP contribution in [0.25, 0.3) is 0 Å². The molecule has 0 aliphatic heterocycles. The van der Waals surface area contributed by atoms with Gasteiger partial charge in [-0.15, -0.1) is 0 Å². The van der Waals surface area contributed by atoms with Crippen molar-refractivity contribution in [2.75, 3.05) is 6.61 Å². The number of carbonyl (C=O) groups excluding carboxylic acids is 1. The zero-order valence-electron chi connectivity index (χ0n) is 14.6. The summed E-state index contributed by atoms with van der Waals surface area (Å²) in [7, 11) is 0. The smallest absolute Gasteiger partial charge is 0.258 e. The van der Waals surface area contributed by atoms with E-state index in [-0.39, 0.29) is 25.1 Å². The topological polar surface area (TPSA) is 50.4 Å². The standard InChI is InChI=1S/C20H22F2N2O2/c1-13(23-11-15-10-16(21)4-9-19(15)22)14-2-7-18(8-3-14)26-12-20(25)24-17-5-6-17/h2-4,7-10,13,17,23H,5-6,11-12H2,1H3,(H,24,25)/t13-/m0/s1. The number of hydrogen-bond donors (Lipinski definition) is 2. The van der Waals surface area contributed by atoms with Gasteiger partial charge in [-0.2, -0.15) is 0 Å². The number of benzene rings is 2. The van der Waals surface area contributed by atoms with Gasteiger partial charge in [0, 0.05) is 24.2 Å². The van der Waals surface area contributed by atoms with E-state index < -0.39 is 11.6 Å². The molecule has 0 radical (unpaired) electrons. The monoisotopic (exact) mass is 360 g/mol. The quantitative estimate of drug-likeness (QED) is 0.758. The molecule has 0 bridgehead atoms. The molecule has 2 aromatic carbocycles. The molecule has 1 aliphatic carbocycles. The molecule has 2 aromatic rings. The lowest BCUT2D eigenvalue weighted by Crippen LogP contribution is -2.30. The summed E-state index contributed by atoms with van der Waals surface area (Å²) >= 11 is 0. The van der Waals surface area contributed by atoms with E-state index in [2.05, 4.69) is 10.6 Å². The van der Waals surface area contributed by atoms with Gasteiger partial charge >= 0.3 is 0 Å². The summed E-state index contributed by atoms with van der Waals surface area (Å²) in [6.07, 6.45) is 2.09. The van der Waals surface area contributed by atoms with Gasteiger partial charge in [0.1, 0.15) is 17.4 Å². The van der Waals surface area contributed by atoms with Crippen LogP contribution in [0.2, 0.25) is 0 Å². The lowest BCUT2D eigenvalue weighted by molar-refractivity contribution is -0.123. The molecule has 6 heteroatoms. The molecule has 1 atom stereocenters. The van der Waals surface area contributed by atoms with Gasteiger partial charge in [-0.1, -0.05) is 12.1 Å². The molecule has 0 aromatic heterocycles. The van der Waals surface area contributed by atoms with E-state index in [1.807, 2.05) is 19.1 Å². The van der Waals surface area contributed by atoms with Gasteiger partial charge in [-0.25, -0.2) is 8.78 Å². The molecule has 1 fully saturated rings. The maximum absolute atomic E-state index is 13.7. The highest BCUT2D eigenvalue weighted by Gasteiger charge is 2.23. The number of rotatable bonds is 8. The van der Waals surface area contributed by atoms with Crippen LogP contribution in [0.4, 0.5) is 8.78 Å². The van der Waals surface area contributed by atoms with E-state index >= 15 is 0 Å². The number of carbonyl (C=O) groups is 1. The lowest BCUT2D eigenvalue weighted by Gasteiger charge is -2.15. The zero-order chi connectivity index (χ0) is 18.5. The first-order chi connectivity index (χ1) is 12.5. The van der Waals surface area contributed by atoms with Crippen molar-refractivity contribution in [2.45, 2.75) is 38.4 Å². The predicted octanol–water partition coefficient (Wildman–Crippen LogP) is 3.47. The van der Waals surface area contributed by atoms with E-state index in [9.17, 15) is 13.6 Å². The van der Waals surface area contributed by atoms with Crippen molar-refractivity contribution in [3.63, 3.8) is 0 Å². The molecule has 0 heterocycles. The van der Waals surface area contributed by atoms with Crippen molar-refractivity contribution >= 4 is 5.91 Å². The van der Waals surface area contributed by atoms with E-state index in [0.717, 1.165) is 30.5 Å². The molecular weight excluding hydrogens is 338 g/mol. The first-order valence-electron chi connectivity index (χ1n) is 8.70. The minimum atomic E-state index is -0.455. The van der Waals surface area contributed by atoms with Crippen LogP contribution in [0, 0.1) is 11.6 Å². The maximum atomic E-state index is 13.7. The third kappa shape index (κ3) is 5.26. The minimum Gasteiger partial charge on any atom is -0.484 e. The molecule has 0 spiro atoms. The number of amides is 1. The van der Waals surface area contributed by atoms with Crippen molar-refractivity contribution in [1.82, 2.24) is 10.6 Å². The Morgan fingerprint density at radius 1 is 1.19 bits per heavy atom. The van der Waals surface area contributed by atoms with Gasteiger partial charge in [-0.05, 0) is 55.7 Å². The van der Waals surface area contributed by atoms with Crippen LogP contribution in [0.1, 0.15) is 36.9 Å². The minimum absolute atomic E-state index is 0.00248. The summed E-state index contributed by atoms with van der Waals surface area (Å²) in [5.74, 6) is -0.380. The highest BCUT2D eigenvalue weighted by molar-refractivity contribution is 5.78. The lowest BCUT2D eigenvalue weighted by atomic mass is 10.1. The fourth-order valence-corrected chi connectivity index (χ4v) is 2.56. The highest BCUT2D eigenvalue weighted by Crippen LogP contribution is 2.20. The zero-order valence-corrected chi connectivity index (χ0v) is 14.6. The van der Waals surface area contributed by atoms with E-state index in [1.165, 1.54) is 6.07 Å². The molecule has 2 N–H and O–H groups in total. The van der Waals surface area contributed by atoms with E-state index in [4.69, 9.17) is 4.74 Å². The van der Waals surface area contributed by atoms with Gasteiger partial charge in [-0.3, -0.25) is 4.79 Å². The molecular formula is C20H22F2N2O2. The van der Waals surface area contributed by atoms with E-state index in [0.29, 0.717) is 17.4 Å². The van der Waals surface area contributed by atoms with Crippen molar-refractivity contribution in [1.29, 1.82) is 0 Å². The Balaban J connectivity index is 1.49. The van der Waals surface area contributed by atoms with E-state index in [1.54, 1.807) is 12.1 Å². The molecule has 138 valence electrons. The third-order valence-electron chi connectivity index (χ3n) is 4.30. The number of hydrogen-bond acceptors (Lipinski definition) is 3. The molecule has 1 amide bonds. The summed E-state index contributed by atoms with van der Waals surface area (Å²) < 4.78 is 32.3. The second-order valence-electron chi connectivity index (χ2n) is 6.54. The normalized spacial score (nSPS) is 14.7. The Hall–Kier alpha value is -2.47. The summed E-state index contributed by atoms with van der Waals surface area (Å²) in [6.45, 7) is 2.17. The Bertz CT molecular complexity index is 761. The molecule has 26 heavy (non-hydrogen) atoms. The molecule has 0 unspecified atom stereocenters. The summed E-state index contributed by atoms with van der Waals surface area (Å²) in [6, 6.07) is 11.0. The van der Waals surface area contributed by atoms with Crippen LogP contribution in [-0.4, -0.2) is 18.6 Å². The van der Waals surface area contributed by atoms with Crippen LogP contribution in [0.3, 0.4) is 0 Å². The van der Waals surface area contributed by atoms with Crippen molar-refractivity contribution in [3.05, 3.63) is 65.2 Å². The Labute approximate surface area is 151 Å². The van der Waals surface area contributed by atoms with Gasteiger partial charge in [0.15, 0.2) is 6.61 Å². The number of halogens is 2. The van der Waals surface area contributed by atoms with Gasteiger partial charge < -0.3 is 15.4 Å². The van der Waals surface area contributed by atoms with Crippen LogP contribution in [-0.2, 0) is 11.3 Å². The van der Waals surface area contributed by atoms with Crippen molar-refractivity contribution < 1.29 is 18.3 Å². The molecule has 1 aliphatic rings. The first kappa shape index (κ1) is 18.3. The fraction of sp³-hybridized carbons (Fsp3) is 0.350. The molecule has 4 nitrogen and oxygen atoms in total. The Kier molecular flexibility index (Phi) is 5.83. The first-order valence-corrected chi connectivity index (χ1v) is 8.70. The SMILES string of the molecule is C[C@H](NCc1cc(F)ccc1F)c1ccc(OCC(=O)NC2CC2)cc1. The second-order valence-corrected chi connectivity index (χ2v) is 6.54. The second kappa shape index (κ2) is 8.27. The summed E-state index contributed by atoms with van der Waals surface area (Å²) in [4.78, 5) is 11.6. The maximum Gasteiger partial charge on any atom is 0.258 e. The van der Waals surface area contributed by atoms with Crippen molar-refractivity contribution in [2.24, 2.45) is 0 Å². The average molecular weight is 360 g/mol. The van der Waals surface area contributed by atoms with Crippen molar-refractivity contribution in [3.8, 4) is 5.75 Å². The summed E-state index contributed by atoms with van der Waals surface area (Å²) in [5, 5.41) is 6.03. The van der Waals surface area contributed by atoms with Crippen LogP contribution < -0.4 is 15.4 Å². The number of ether oxygens (including phenoxy) is 1. The highest BCUT2D eigenvalue weighted by atomic mass is 19.1. The predicted molar refractivity (Wildman–Crippen MR) is 94.7 cm³/mol. The van der Waals surface area contributed by atoms with Crippen LogP contribution in [0.5, 0.6) is 5.75 Å². The van der Waals surface area contributed by atoms with Gasteiger partial charge in [0.2, 0.25) is 0 Å². The third-order valence-corrected chi connectivity index (χ3v) is 4.30. The largest absolute Gasteiger partial charge is 0.484 e. The van der Waals surface area contributed by atoms with Crippen LogP contribution in [0.15, 0.2) is 42.5 Å².